The van der Waals surface area contributed by atoms with Gasteiger partial charge in [-0.25, -0.2) is 9.78 Å². The minimum absolute atomic E-state index is 0.0537. The molecule has 0 bridgehead atoms. The van der Waals surface area contributed by atoms with E-state index in [-0.39, 0.29) is 11.3 Å². The number of aryl methyl sites for hydroxylation is 1. The Labute approximate surface area is 100 Å². The van der Waals surface area contributed by atoms with Gasteiger partial charge in [0.05, 0.1) is 11.3 Å². The van der Waals surface area contributed by atoms with Gasteiger partial charge in [-0.3, -0.25) is 0 Å². The third-order valence-corrected chi connectivity index (χ3v) is 2.50. The molecule has 0 atom stereocenters. The molecule has 0 aliphatic rings. The summed E-state index contributed by atoms with van der Waals surface area (Å²) in [7, 11) is 0. The molecule has 0 saturated heterocycles. The number of hydrogen-bond acceptors (Lipinski definition) is 2. The molecule has 1 heterocycles. The van der Waals surface area contributed by atoms with Crippen molar-refractivity contribution in [3.63, 3.8) is 0 Å². The van der Waals surface area contributed by atoms with Gasteiger partial charge in [-0.2, -0.15) is 13.2 Å². The molecular weight excluding hydrogens is 245 g/mol. The average Bonchev–Trinajstić information content (AvgIpc) is 2.31. The van der Waals surface area contributed by atoms with Crippen LogP contribution in [0.15, 0.2) is 35.3 Å². The molecule has 0 aliphatic carbocycles. The SMILES string of the molecule is Cc1cnc(=O)[nH]c1-c1ccccc1C(F)(F)F. The summed E-state index contributed by atoms with van der Waals surface area (Å²) in [4.78, 5) is 16.9. The first kappa shape index (κ1) is 12.3. The molecule has 0 radical (unpaired) electrons. The number of aromatic nitrogens is 2. The smallest absolute Gasteiger partial charge is 0.305 e. The highest BCUT2D eigenvalue weighted by molar-refractivity contribution is 5.66. The van der Waals surface area contributed by atoms with Gasteiger partial charge in [0.25, 0.3) is 0 Å². The zero-order valence-electron chi connectivity index (χ0n) is 9.38. The van der Waals surface area contributed by atoms with Gasteiger partial charge in [0, 0.05) is 11.8 Å². The largest absolute Gasteiger partial charge is 0.417 e. The summed E-state index contributed by atoms with van der Waals surface area (Å²) in [5, 5.41) is 0. The van der Waals surface area contributed by atoms with Crippen LogP contribution in [0.3, 0.4) is 0 Å². The number of aromatic amines is 1. The predicted octanol–water partition coefficient (Wildman–Crippen LogP) is 2.76. The van der Waals surface area contributed by atoms with Crippen molar-refractivity contribution < 1.29 is 13.2 Å². The second-order valence-corrected chi connectivity index (χ2v) is 3.79. The fourth-order valence-electron chi connectivity index (χ4n) is 1.69. The number of nitrogens with zero attached hydrogens (tertiary/aromatic N) is 1. The minimum Gasteiger partial charge on any atom is -0.305 e. The summed E-state index contributed by atoms with van der Waals surface area (Å²) in [6.07, 6.45) is -3.22. The highest BCUT2D eigenvalue weighted by Crippen LogP contribution is 2.36. The van der Waals surface area contributed by atoms with E-state index in [0.717, 1.165) is 6.07 Å². The lowest BCUT2D eigenvalue weighted by Crippen LogP contribution is -2.14. The number of benzene rings is 1. The van der Waals surface area contributed by atoms with E-state index < -0.39 is 17.4 Å². The maximum absolute atomic E-state index is 12.9. The van der Waals surface area contributed by atoms with E-state index in [4.69, 9.17) is 0 Å². The molecule has 3 nitrogen and oxygen atoms in total. The summed E-state index contributed by atoms with van der Waals surface area (Å²) in [6, 6.07) is 5.10. The molecule has 0 aliphatic heterocycles. The Bertz CT molecular complexity index is 632. The number of H-pyrrole nitrogens is 1. The van der Waals surface area contributed by atoms with Crippen molar-refractivity contribution in [3.05, 3.63) is 52.1 Å². The van der Waals surface area contributed by atoms with Gasteiger partial charge in [0.1, 0.15) is 0 Å². The van der Waals surface area contributed by atoms with Crippen LogP contribution in [-0.2, 0) is 6.18 Å². The lowest BCUT2D eigenvalue weighted by Gasteiger charge is -2.13. The molecule has 2 aromatic rings. The van der Waals surface area contributed by atoms with E-state index in [0.29, 0.717) is 5.56 Å². The third kappa shape index (κ3) is 2.27. The van der Waals surface area contributed by atoms with Crippen LogP contribution < -0.4 is 5.69 Å². The first-order valence-electron chi connectivity index (χ1n) is 5.12. The van der Waals surface area contributed by atoms with Crippen LogP contribution >= 0.6 is 0 Å². The third-order valence-electron chi connectivity index (χ3n) is 2.50. The molecule has 0 spiro atoms. The zero-order chi connectivity index (χ0) is 13.3. The van der Waals surface area contributed by atoms with Gasteiger partial charge in [0.2, 0.25) is 0 Å². The van der Waals surface area contributed by atoms with E-state index in [1.54, 1.807) is 6.92 Å². The Balaban J connectivity index is 2.72. The van der Waals surface area contributed by atoms with Crippen LogP contribution in [0.2, 0.25) is 0 Å². The Morgan fingerprint density at radius 2 is 1.89 bits per heavy atom. The van der Waals surface area contributed by atoms with Crippen molar-refractivity contribution in [3.8, 4) is 11.3 Å². The first-order chi connectivity index (χ1) is 8.39. The van der Waals surface area contributed by atoms with Crippen LogP contribution in [0.1, 0.15) is 11.1 Å². The standard InChI is InChI=1S/C12H9F3N2O/c1-7-6-16-11(18)17-10(7)8-4-2-3-5-9(8)12(13,14)15/h2-6H,1H3,(H,16,17,18). The summed E-state index contributed by atoms with van der Waals surface area (Å²) in [5.41, 5.74) is -0.890. The normalized spacial score (nSPS) is 11.6. The van der Waals surface area contributed by atoms with Gasteiger partial charge >= 0.3 is 11.9 Å². The minimum atomic E-state index is -4.47. The van der Waals surface area contributed by atoms with Crippen molar-refractivity contribution in [2.24, 2.45) is 0 Å². The fraction of sp³-hybridized carbons (Fsp3) is 0.167. The van der Waals surface area contributed by atoms with Crippen molar-refractivity contribution in [1.29, 1.82) is 0 Å². The number of halogens is 3. The molecule has 6 heteroatoms. The lowest BCUT2D eigenvalue weighted by atomic mass is 10.0. The van der Waals surface area contributed by atoms with E-state index >= 15 is 0 Å². The summed E-state index contributed by atoms with van der Waals surface area (Å²) >= 11 is 0. The Hall–Kier alpha value is -2.11. The monoisotopic (exact) mass is 254 g/mol. The van der Waals surface area contributed by atoms with Gasteiger partial charge in [-0.05, 0) is 18.6 Å². The first-order valence-corrected chi connectivity index (χ1v) is 5.12. The molecule has 18 heavy (non-hydrogen) atoms. The molecule has 1 aromatic heterocycles. The van der Waals surface area contributed by atoms with E-state index in [1.807, 2.05) is 0 Å². The van der Waals surface area contributed by atoms with Gasteiger partial charge in [-0.1, -0.05) is 18.2 Å². The predicted molar refractivity (Wildman–Crippen MR) is 60.0 cm³/mol. The maximum Gasteiger partial charge on any atom is 0.417 e. The van der Waals surface area contributed by atoms with Crippen molar-refractivity contribution in [1.82, 2.24) is 9.97 Å². The molecular formula is C12H9F3N2O. The maximum atomic E-state index is 12.9. The van der Waals surface area contributed by atoms with Gasteiger partial charge < -0.3 is 4.98 Å². The van der Waals surface area contributed by atoms with E-state index in [2.05, 4.69) is 9.97 Å². The molecule has 2 rings (SSSR count). The fourth-order valence-corrected chi connectivity index (χ4v) is 1.69. The quantitative estimate of drug-likeness (QED) is 0.850. The van der Waals surface area contributed by atoms with E-state index in [1.165, 1.54) is 24.4 Å². The number of nitrogens with one attached hydrogen (secondary N) is 1. The topological polar surface area (TPSA) is 45.8 Å². The van der Waals surface area contributed by atoms with Crippen molar-refractivity contribution in [2.75, 3.05) is 0 Å². The summed E-state index contributed by atoms with van der Waals surface area (Å²) in [5.74, 6) is 0. The number of hydrogen-bond donors (Lipinski definition) is 1. The molecule has 1 aromatic carbocycles. The average molecular weight is 254 g/mol. The molecule has 0 amide bonds. The van der Waals surface area contributed by atoms with Crippen LogP contribution in [0.4, 0.5) is 13.2 Å². The van der Waals surface area contributed by atoms with Gasteiger partial charge in [0.15, 0.2) is 0 Å². The Kier molecular flexibility index (Phi) is 2.94. The molecule has 0 saturated carbocycles. The second kappa shape index (κ2) is 4.29. The van der Waals surface area contributed by atoms with E-state index in [9.17, 15) is 18.0 Å². The van der Waals surface area contributed by atoms with Crippen LogP contribution in [0.5, 0.6) is 0 Å². The summed E-state index contributed by atoms with van der Waals surface area (Å²) in [6.45, 7) is 1.59. The molecule has 94 valence electrons. The number of rotatable bonds is 1. The second-order valence-electron chi connectivity index (χ2n) is 3.79. The Morgan fingerprint density at radius 1 is 1.22 bits per heavy atom. The molecule has 1 N–H and O–H groups in total. The Morgan fingerprint density at radius 3 is 2.56 bits per heavy atom. The van der Waals surface area contributed by atoms with Crippen LogP contribution in [-0.4, -0.2) is 9.97 Å². The van der Waals surface area contributed by atoms with Crippen molar-refractivity contribution in [2.45, 2.75) is 13.1 Å². The zero-order valence-corrected chi connectivity index (χ0v) is 9.38. The van der Waals surface area contributed by atoms with Crippen LogP contribution in [0.25, 0.3) is 11.3 Å². The highest BCUT2D eigenvalue weighted by atomic mass is 19.4. The molecule has 0 unspecified atom stereocenters. The summed E-state index contributed by atoms with van der Waals surface area (Å²) < 4.78 is 38.6. The van der Waals surface area contributed by atoms with Crippen LogP contribution in [0, 0.1) is 6.92 Å². The highest BCUT2D eigenvalue weighted by Gasteiger charge is 2.33. The number of alkyl halides is 3. The van der Waals surface area contributed by atoms with Crippen molar-refractivity contribution >= 4 is 0 Å². The molecule has 0 fully saturated rings. The van der Waals surface area contributed by atoms with Gasteiger partial charge in [-0.15, -0.1) is 0 Å². The lowest BCUT2D eigenvalue weighted by molar-refractivity contribution is -0.137.